The third-order valence-electron chi connectivity index (χ3n) is 8.25. The number of carbonyl (C=O) groups excluding carboxylic acids is 4. The molecule has 3 amide bonds. The Morgan fingerprint density at radius 1 is 1.11 bits per heavy atom. The lowest BCUT2D eigenvalue weighted by Gasteiger charge is -2.39. The van der Waals surface area contributed by atoms with Crippen molar-refractivity contribution in [2.75, 3.05) is 25.0 Å². The Morgan fingerprint density at radius 3 is 2.51 bits per heavy atom. The van der Waals surface area contributed by atoms with Gasteiger partial charge in [0.1, 0.15) is 23.9 Å². The summed E-state index contributed by atoms with van der Waals surface area (Å²) in [5.41, 5.74) is 0.331. The van der Waals surface area contributed by atoms with Crippen LogP contribution in [0.1, 0.15) is 60.3 Å². The van der Waals surface area contributed by atoms with Crippen LogP contribution >= 0.6 is 15.9 Å². The molecule has 3 aliphatic heterocycles. The van der Waals surface area contributed by atoms with Crippen LogP contribution in [0.2, 0.25) is 0 Å². The summed E-state index contributed by atoms with van der Waals surface area (Å²) in [7, 11) is 0. The number of nitrogens with one attached hydrogen (secondary N) is 3. The Labute approximate surface area is 273 Å². The summed E-state index contributed by atoms with van der Waals surface area (Å²) >= 11 is 3.07. The first-order valence-corrected chi connectivity index (χ1v) is 16.7. The molecule has 3 aliphatic rings. The molecule has 252 valence electrons. The van der Waals surface area contributed by atoms with Gasteiger partial charge in [-0.25, -0.2) is 0 Å². The van der Waals surface area contributed by atoms with Gasteiger partial charge >= 0.3 is 5.97 Å². The molecule has 0 aromatic rings. The van der Waals surface area contributed by atoms with Crippen LogP contribution in [0.5, 0.6) is 0 Å². The van der Waals surface area contributed by atoms with E-state index in [0.29, 0.717) is 19.4 Å². The molecule has 12 nitrogen and oxygen atoms in total. The molecular weight excluding hydrogens is 650 g/mol. The lowest BCUT2D eigenvalue weighted by atomic mass is 9.87. The van der Waals surface area contributed by atoms with Gasteiger partial charge in [-0.1, -0.05) is 46.7 Å². The maximum Gasteiger partial charge on any atom is 0.303 e. The van der Waals surface area contributed by atoms with Gasteiger partial charge in [0.25, 0.3) is 0 Å². The molecule has 3 heterocycles. The fourth-order valence-electron chi connectivity index (χ4n) is 5.57. The molecule has 9 atom stereocenters. The van der Waals surface area contributed by atoms with Gasteiger partial charge in [0.2, 0.25) is 17.7 Å². The summed E-state index contributed by atoms with van der Waals surface area (Å²) in [5.74, 6) is -0.827. The van der Waals surface area contributed by atoms with Crippen LogP contribution in [0, 0.1) is 5.92 Å². The van der Waals surface area contributed by atoms with Crippen molar-refractivity contribution in [3.8, 4) is 0 Å². The first-order chi connectivity index (χ1) is 21.3. The summed E-state index contributed by atoms with van der Waals surface area (Å²) in [6, 6.07) is -0.137. The Morgan fingerprint density at radius 2 is 1.84 bits per heavy atom. The van der Waals surface area contributed by atoms with Crippen molar-refractivity contribution in [2.45, 2.75) is 109 Å². The van der Waals surface area contributed by atoms with E-state index in [1.807, 2.05) is 26.0 Å². The number of carbonyl (C=O) groups is 4. The van der Waals surface area contributed by atoms with Gasteiger partial charge in [-0.2, -0.15) is 0 Å². The quantitative estimate of drug-likeness (QED) is 0.0699. The highest BCUT2D eigenvalue weighted by Crippen LogP contribution is 2.42. The molecule has 3 fully saturated rings. The molecule has 3 saturated heterocycles. The van der Waals surface area contributed by atoms with Crippen LogP contribution in [0.4, 0.5) is 0 Å². The number of epoxide rings is 1. The second-order valence-electron chi connectivity index (χ2n) is 12.2. The number of alkyl halides is 1. The van der Waals surface area contributed by atoms with Crippen molar-refractivity contribution in [1.29, 1.82) is 0 Å². The van der Waals surface area contributed by atoms with Gasteiger partial charge in [0.05, 0.1) is 36.3 Å². The number of esters is 1. The van der Waals surface area contributed by atoms with Crippen molar-refractivity contribution in [2.24, 2.45) is 5.92 Å². The number of halogens is 1. The SMILES string of the molecule is CC(=O)O[C@@H](C)C=CC(=O)N[C@@H]1C[C@H](C)[C@H](CC=C(C)C=C[C@H]2O[C@H](CNC(=O)CCNC(=O)CBr)C[C@@]3(CO3)[C@@H]2O)O[C@@H]1C. The van der Waals surface area contributed by atoms with Gasteiger partial charge < -0.3 is 40.0 Å². The van der Waals surface area contributed by atoms with E-state index < -0.39 is 29.9 Å². The first kappa shape index (κ1) is 36.9. The van der Waals surface area contributed by atoms with Crippen LogP contribution in [0.3, 0.4) is 0 Å². The number of ether oxygens (including phenoxy) is 4. The largest absolute Gasteiger partial charge is 0.459 e. The molecule has 1 spiro atoms. The van der Waals surface area contributed by atoms with Crippen molar-refractivity contribution < 1.29 is 43.2 Å². The maximum absolute atomic E-state index is 12.4. The van der Waals surface area contributed by atoms with Crippen LogP contribution in [-0.2, 0) is 38.1 Å². The lowest BCUT2D eigenvalue weighted by molar-refractivity contribution is -0.143. The van der Waals surface area contributed by atoms with Gasteiger partial charge in [-0.3, -0.25) is 19.2 Å². The third-order valence-corrected chi connectivity index (χ3v) is 8.76. The monoisotopic (exact) mass is 697 g/mol. The molecule has 0 unspecified atom stereocenters. The zero-order valence-electron chi connectivity index (χ0n) is 26.8. The van der Waals surface area contributed by atoms with Gasteiger partial charge in [0.15, 0.2) is 0 Å². The van der Waals surface area contributed by atoms with Crippen LogP contribution < -0.4 is 16.0 Å². The Balaban J connectivity index is 1.47. The number of rotatable bonds is 14. The van der Waals surface area contributed by atoms with E-state index in [1.165, 1.54) is 13.0 Å². The minimum absolute atomic E-state index is 0.0172. The summed E-state index contributed by atoms with van der Waals surface area (Å²) < 4.78 is 23.1. The molecule has 4 N–H and O–H groups in total. The van der Waals surface area contributed by atoms with Crippen molar-refractivity contribution in [3.63, 3.8) is 0 Å². The molecule has 3 rings (SSSR count). The van der Waals surface area contributed by atoms with E-state index in [1.54, 1.807) is 13.0 Å². The van der Waals surface area contributed by atoms with Crippen LogP contribution in [0.15, 0.2) is 36.0 Å². The number of hydrogen-bond acceptors (Lipinski definition) is 9. The second-order valence-corrected chi connectivity index (χ2v) is 12.7. The minimum Gasteiger partial charge on any atom is -0.459 e. The maximum atomic E-state index is 12.4. The van der Waals surface area contributed by atoms with Crippen molar-refractivity contribution >= 4 is 39.6 Å². The van der Waals surface area contributed by atoms with Gasteiger partial charge in [0, 0.05) is 38.9 Å². The molecule has 13 heteroatoms. The first-order valence-electron chi connectivity index (χ1n) is 15.5. The Kier molecular flexibility index (Phi) is 14.2. The summed E-state index contributed by atoms with van der Waals surface area (Å²) in [5, 5.41) is 19.6. The predicted molar refractivity (Wildman–Crippen MR) is 170 cm³/mol. The smallest absolute Gasteiger partial charge is 0.303 e. The number of aliphatic hydroxyl groups excluding tert-OH is 1. The molecule has 45 heavy (non-hydrogen) atoms. The van der Waals surface area contributed by atoms with E-state index in [2.05, 4.69) is 44.9 Å². The van der Waals surface area contributed by atoms with E-state index in [-0.39, 0.29) is 72.8 Å². The fourth-order valence-corrected chi connectivity index (χ4v) is 5.76. The topological polar surface area (TPSA) is 165 Å². The van der Waals surface area contributed by atoms with Crippen LogP contribution in [-0.4, -0.2) is 102 Å². The summed E-state index contributed by atoms with van der Waals surface area (Å²) in [6.45, 7) is 10.0. The lowest BCUT2D eigenvalue weighted by Crippen LogP contribution is -2.52. The molecule has 0 aliphatic carbocycles. The number of allylic oxidation sites excluding steroid dienone is 2. The number of hydrogen-bond donors (Lipinski definition) is 4. The highest BCUT2D eigenvalue weighted by atomic mass is 79.9. The molecule has 0 aromatic carbocycles. The van der Waals surface area contributed by atoms with E-state index in [4.69, 9.17) is 18.9 Å². The Bertz CT molecular complexity index is 1140. The van der Waals surface area contributed by atoms with Crippen molar-refractivity contribution in [3.05, 3.63) is 36.0 Å². The predicted octanol–water partition coefficient (Wildman–Crippen LogP) is 1.99. The molecule has 0 radical (unpaired) electrons. The van der Waals surface area contributed by atoms with E-state index in [9.17, 15) is 24.3 Å². The summed E-state index contributed by atoms with van der Waals surface area (Å²) in [6.07, 6.45) is 8.45. The van der Waals surface area contributed by atoms with E-state index >= 15 is 0 Å². The fraction of sp³-hybridized carbons (Fsp3) is 0.688. The zero-order valence-corrected chi connectivity index (χ0v) is 28.3. The summed E-state index contributed by atoms with van der Waals surface area (Å²) in [4.78, 5) is 47.0. The molecule has 0 saturated carbocycles. The average molecular weight is 699 g/mol. The number of amides is 3. The van der Waals surface area contributed by atoms with Gasteiger partial charge in [-0.15, -0.1) is 0 Å². The third kappa shape index (κ3) is 11.9. The molecular formula is C32H48BrN3O9. The van der Waals surface area contributed by atoms with Crippen LogP contribution in [0.25, 0.3) is 0 Å². The highest BCUT2D eigenvalue weighted by molar-refractivity contribution is 9.09. The molecule has 0 aromatic heterocycles. The van der Waals surface area contributed by atoms with Gasteiger partial charge in [-0.05, 0) is 45.6 Å². The molecule has 0 bridgehead atoms. The van der Waals surface area contributed by atoms with Crippen molar-refractivity contribution in [1.82, 2.24) is 16.0 Å². The highest BCUT2D eigenvalue weighted by Gasteiger charge is 2.58. The second kappa shape index (κ2) is 17.4. The number of aliphatic hydroxyl groups is 1. The minimum atomic E-state index is -0.817. The zero-order chi connectivity index (χ0) is 33.1. The standard InChI is InChI=1S/C32H48BrN3O9/c1-19(6-9-26-20(2)14-25(22(4)44-26)36-29(39)11-8-21(3)43-23(5)37)7-10-27-31(41)32(18-42-32)15-24(45-27)17-35-28(38)12-13-34-30(40)16-33/h6-8,10-11,20-22,24-27,31,41H,9,12-18H2,1-5H3,(H,34,40)(H,35,38)(H,36,39)/t20-,21-,22+,24-,25+,26-,27+,31+,32+/m0/s1. The Hall–Kier alpha value is -2.58. The van der Waals surface area contributed by atoms with E-state index in [0.717, 1.165) is 12.0 Å². The normalized spacial score (nSPS) is 32.3. The average Bonchev–Trinajstić information content (AvgIpc) is 3.76.